The van der Waals surface area contributed by atoms with Crippen LogP contribution < -0.4 is 4.74 Å². The molecule has 0 aromatic heterocycles. The molecule has 1 aliphatic rings. The summed E-state index contributed by atoms with van der Waals surface area (Å²) in [6.07, 6.45) is 1.85. The van der Waals surface area contributed by atoms with Gasteiger partial charge in [0.15, 0.2) is 0 Å². The van der Waals surface area contributed by atoms with Crippen molar-refractivity contribution in [3.05, 3.63) is 82.5 Å². The molecule has 140 valence electrons. The molecule has 1 heterocycles. The summed E-state index contributed by atoms with van der Waals surface area (Å²) in [6, 6.07) is 19.6. The van der Waals surface area contributed by atoms with Gasteiger partial charge in [-0.3, -0.25) is 4.79 Å². The molecule has 3 aromatic carbocycles. The minimum Gasteiger partial charge on any atom is -0.496 e. The maximum atomic E-state index is 12.4. The number of benzene rings is 3. The molecular weight excluding hydrogens is 410 g/mol. The summed E-state index contributed by atoms with van der Waals surface area (Å²) in [5.41, 5.74) is 2.57. The molecule has 0 radical (unpaired) electrons. The van der Waals surface area contributed by atoms with Crippen molar-refractivity contribution in [1.29, 1.82) is 0 Å². The number of nitrogens with zero attached hydrogens (tertiary/aromatic N) is 1. The van der Waals surface area contributed by atoms with Gasteiger partial charge < -0.3 is 4.74 Å². The molecular formula is C22H16ClNO2S2. The molecule has 3 aromatic rings. The molecule has 3 nitrogen and oxygen atoms in total. The molecule has 0 saturated carbocycles. The molecule has 0 aliphatic carbocycles. The van der Waals surface area contributed by atoms with E-state index in [0.29, 0.717) is 10.7 Å². The van der Waals surface area contributed by atoms with E-state index in [4.69, 9.17) is 16.3 Å². The first-order chi connectivity index (χ1) is 13.6. The van der Waals surface area contributed by atoms with Crippen LogP contribution in [0.1, 0.15) is 11.1 Å². The highest BCUT2D eigenvalue weighted by Crippen LogP contribution is 2.35. The van der Waals surface area contributed by atoms with E-state index in [-0.39, 0.29) is 5.12 Å². The van der Waals surface area contributed by atoms with Gasteiger partial charge in [-0.25, -0.2) is 4.99 Å². The zero-order chi connectivity index (χ0) is 19.5. The summed E-state index contributed by atoms with van der Waals surface area (Å²) in [7, 11) is 1.66. The third-order valence-electron chi connectivity index (χ3n) is 4.31. The summed E-state index contributed by atoms with van der Waals surface area (Å²) >= 11 is 8.66. The average molecular weight is 426 g/mol. The lowest BCUT2D eigenvalue weighted by molar-refractivity contribution is -0.107. The van der Waals surface area contributed by atoms with Gasteiger partial charge in [0.2, 0.25) is 5.12 Å². The Hall–Kier alpha value is -2.21. The Labute approximate surface area is 176 Å². The number of carbonyl (C=O) groups is 1. The minimum atomic E-state index is -0.0292. The number of carbonyl (C=O) groups excluding carboxylic acids is 1. The first-order valence-corrected chi connectivity index (χ1v) is 10.8. The van der Waals surface area contributed by atoms with Crippen LogP contribution >= 0.6 is 35.1 Å². The van der Waals surface area contributed by atoms with Gasteiger partial charge >= 0.3 is 0 Å². The highest BCUT2D eigenvalue weighted by Gasteiger charge is 2.22. The number of aliphatic imine (C=N–C) groups is 1. The fraction of sp³-hybridized carbons (Fsp3) is 0.0909. The molecule has 6 heteroatoms. The quantitative estimate of drug-likeness (QED) is 0.453. The Bertz CT molecular complexity index is 1110. The number of methoxy groups -OCH3 is 1. The number of rotatable bonds is 4. The predicted molar refractivity (Wildman–Crippen MR) is 121 cm³/mol. The fourth-order valence-corrected chi connectivity index (χ4v) is 4.85. The van der Waals surface area contributed by atoms with E-state index in [9.17, 15) is 4.79 Å². The van der Waals surface area contributed by atoms with Crippen LogP contribution in [0.4, 0.5) is 0 Å². The number of fused-ring (bicyclic) bond motifs is 1. The van der Waals surface area contributed by atoms with Crippen LogP contribution in [0.25, 0.3) is 16.8 Å². The van der Waals surface area contributed by atoms with Crippen molar-refractivity contribution < 1.29 is 9.53 Å². The molecule has 0 N–H and O–H groups in total. The van der Waals surface area contributed by atoms with E-state index < -0.39 is 0 Å². The van der Waals surface area contributed by atoms with E-state index in [0.717, 1.165) is 37.8 Å². The second kappa shape index (κ2) is 8.43. The summed E-state index contributed by atoms with van der Waals surface area (Å²) in [5.74, 6) is 1.56. The van der Waals surface area contributed by atoms with Crippen molar-refractivity contribution in [2.45, 2.75) is 5.75 Å². The first-order valence-electron chi connectivity index (χ1n) is 8.59. The maximum absolute atomic E-state index is 12.4. The first kappa shape index (κ1) is 19.1. The van der Waals surface area contributed by atoms with Crippen LogP contribution in [0.15, 0.2) is 71.4 Å². The highest BCUT2D eigenvalue weighted by molar-refractivity contribution is 8.45. The summed E-state index contributed by atoms with van der Waals surface area (Å²) in [5, 5.41) is 2.73. The average Bonchev–Trinajstić information content (AvgIpc) is 3.07. The third kappa shape index (κ3) is 4.12. The lowest BCUT2D eigenvalue weighted by Gasteiger charge is -2.08. The number of hydrogen-bond donors (Lipinski definition) is 0. The van der Waals surface area contributed by atoms with E-state index in [1.807, 2.05) is 66.7 Å². The minimum absolute atomic E-state index is 0.0292. The largest absolute Gasteiger partial charge is 0.496 e. The smallest absolute Gasteiger partial charge is 0.244 e. The monoisotopic (exact) mass is 425 g/mol. The van der Waals surface area contributed by atoms with Gasteiger partial charge in [-0.1, -0.05) is 65.8 Å². The normalized spacial score (nSPS) is 15.3. The Balaban J connectivity index is 1.59. The standard InChI is InChI=1S/C22H16ClNO2S2/c1-26-20-11-8-15(17-4-2-3-5-18(17)20)12-19-21(25)28-22(24-19)27-13-14-6-9-16(23)10-7-14/h2-12H,13H2,1H3/b19-12-. The molecule has 0 saturated heterocycles. The lowest BCUT2D eigenvalue weighted by Crippen LogP contribution is -1.90. The van der Waals surface area contributed by atoms with Gasteiger partial charge in [0.1, 0.15) is 15.8 Å². The van der Waals surface area contributed by atoms with Crippen LogP contribution in [-0.4, -0.2) is 16.6 Å². The molecule has 0 amide bonds. The van der Waals surface area contributed by atoms with Crippen molar-refractivity contribution in [3.8, 4) is 5.75 Å². The third-order valence-corrected chi connectivity index (χ3v) is 6.64. The van der Waals surface area contributed by atoms with Crippen molar-refractivity contribution >= 4 is 61.5 Å². The van der Waals surface area contributed by atoms with Gasteiger partial charge in [-0.2, -0.15) is 0 Å². The van der Waals surface area contributed by atoms with Crippen molar-refractivity contribution in [3.63, 3.8) is 0 Å². The zero-order valence-electron chi connectivity index (χ0n) is 15.0. The maximum Gasteiger partial charge on any atom is 0.244 e. The van der Waals surface area contributed by atoms with Gasteiger partial charge in [0.05, 0.1) is 7.11 Å². The van der Waals surface area contributed by atoms with Crippen LogP contribution in [0.2, 0.25) is 5.02 Å². The van der Waals surface area contributed by atoms with Gasteiger partial charge in [-0.05, 0) is 52.6 Å². The zero-order valence-corrected chi connectivity index (χ0v) is 17.4. The van der Waals surface area contributed by atoms with Crippen LogP contribution in [0.3, 0.4) is 0 Å². The van der Waals surface area contributed by atoms with Gasteiger partial charge in [0, 0.05) is 16.2 Å². The second-order valence-corrected chi connectivity index (χ2v) is 8.74. The molecule has 0 spiro atoms. The van der Waals surface area contributed by atoms with Crippen LogP contribution in [-0.2, 0) is 10.5 Å². The molecule has 0 atom stereocenters. The van der Waals surface area contributed by atoms with Crippen LogP contribution in [0.5, 0.6) is 5.75 Å². The lowest BCUT2D eigenvalue weighted by atomic mass is 10.0. The molecule has 1 aliphatic heterocycles. The molecule has 0 unspecified atom stereocenters. The summed E-state index contributed by atoms with van der Waals surface area (Å²) < 4.78 is 6.21. The van der Waals surface area contributed by atoms with E-state index in [1.165, 1.54) is 11.8 Å². The molecule has 28 heavy (non-hydrogen) atoms. The molecule has 4 rings (SSSR count). The highest BCUT2D eigenvalue weighted by atomic mass is 35.5. The molecule has 0 fully saturated rings. The van der Waals surface area contributed by atoms with Gasteiger partial charge in [-0.15, -0.1) is 0 Å². The molecule has 0 bridgehead atoms. The van der Waals surface area contributed by atoms with Crippen molar-refractivity contribution in [1.82, 2.24) is 0 Å². The van der Waals surface area contributed by atoms with Gasteiger partial charge in [0.25, 0.3) is 0 Å². The predicted octanol–water partition coefficient (Wildman–Crippen LogP) is 6.41. The Kier molecular flexibility index (Phi) is 5.76. The fourth-order valence-electron chi connectivity index (χ4n) is 2.92. The van der Waals surface area contributed by atoms with E-state index in [2.05, 4.69) is 4.99 Å². The van der Waals surface area contributed by atoms with Crippen LogP contribution in [0, 0.1) is 0 Å². The number of halogens is 1. The summed E-state index contributed by atoms with van der Waals surface area (Å²) in [6.45, 7) is 0. The van der Waals surface area contributed by atoms with Crippen molar-refractivity contribution in [2.75, 3.05) is 7.11 Å². The Morgan fingerprint density at radius 1 is 1.07 bits per heavy atom. The number of hydrogen-bond acceptors (Lipinski definition) is 5. The number of ether oxygens (including phenoxy) is 1. The Morgan fingerprint density at radius 2 is 1.82 bits per heavy atom. The Morgan fingerprint density at radius 3 is 2.57 bits per heavy atom. The number of thioether (sulfide) groups is 2. The second-order valence-electron chi connectivity index (χ2n) is 6.11. The topological polar surface area (TPSA) is 38.7 Å². The van der Waals surface area contributed by atoms with Crippen molar-refractivity contribution in [2.24, 2.45) is 4.99 Å². The van der Waals surface area contributed by atoms with E-state index >= 15 is 0 Å². The van der Waals surface area contributed by atoms with E-state index in [1.54, 1.807) is 18.9 Å². The summed E-state index contributed by atoms with van der Waals surface area (Å²) in [4.78, 5) is 17.0. The SMILES string of the molecule is COc1ccc(/C=C2\N=C(SCc3ccc(Cl)cc3)SC2=O)c2ccccc12.